The molecule has 2 aromatic rings. The molecule has 0 fully saturated rings. The Balaban J connectivity index is 0.00000162. The molecule has 0 bridgehead atoms. The molecule has 0 aliphatic carbocycles. The number of imidazole rings is 1. The Hall–Kier alpha value is -1.03. The van der Waals surface area contributed by atoms with Crippen LogP contribution in [0, 0.1) is 0 Å². The van der Waals surface area contributed by atoms with Gasteiger partial charge in [-0.25, -0.2) is 9.13 Å². The van der Waals surface area contributed by atoms with Crippen molar-refractivity contribution in [3.05, 3.63) is 43.2 Å². The lowest BCUT2D eigenvalue weighted by molar-refractivity contribution is -0.697. The van der Waals surface area contributed by atoms with Gasteiger partial charge in [-0.2, -0.15) is 0 Å². The predicted molar refractivity (Wildman–Crippen MR) is 68.6 cm³/mol. The Bertz CT molecular complexity index is 420. The number of aryl methyl sites for hydroxylation is 3. The van der Waals surface area contributed by atoms with Crippen LogP contribution in [0.5, 0.6) is 0 Å². The van der Waals surface area contributed by atoms with Gasteiger partial charge in [0.25, 0.3) is 0 Å². The quantitative estimate of drug-likeness (QED) is 0.610. The fraction of sp³-hybridized carbons (Fsp3) is 0.500. The second-order valence-corrected chi connectivity index (χ2v) is 4.52. The summed E-state index contributed by atoms with van der Waals surface area (Å²) in [6.45, 7) is 5.56. The van der Waals surface area contributed by atoms with Crippen LogP contribution in [0.15, 0.2) is 43.2 Å². The Kier molecular flexibility index (Phi) is 6.80. The molecule has 2 rings (SSSR count). The zero-order chi connectivity index (χ0) is 11.9. The third-order valence-electron chi connectivity index (χ3n) is 3.01. The highest BCUT2D eigenvalue weighted by Crippen LogP contribution is 1.95. The van der Waals surface area contributed by atoms with Crippen molar-refractivity contribution in [3.8, 4) is 0 Å². The van der Waals surface area contributed by atoms with E-state index in [-0.39, 0.29) is 17.0 Å². The first kappa shape index (κ1) is 15.0. The highest BCUT2D eigenvalue weighted by molar-refractivity contribution is 4.89. The first-order valence-corrected chi connectivity index (χ1v) is 6.54. The molecule has 0 unspecified atom stereocenters. The molecule has 18 heavy (non-hydrogen) atoms. The minimum absolute atomic E-state index is 0. The molecule has 0 spiro atoms. The Morgan fingerprint density at radius 3 is 2.39 bits per heavy atom. The van der Waals surface area contributed by atoms with Crippen molar-refractivity contribution in [1.29, 1.82) is 0 Å². The number of hydrogen-bond acceptors (Lipinski definition) is 0. The van der Waals surface area contributed by atoms with E-state index in [0.29, 0.717) is 0 Å². The lowest BCUT2D eigenvalue weighted by atomic mass is 10.3. The maximum Gasteiger partial charge on any atom is 0.243 e. The summed E-state index contributed by atoms with van der Waals surface area (Å²) in [5.74, 6) is 0. The highest BCUT2D eigenvalue weighted by Gasteiger charge is 2.02. The standard InChI is InChI=1S/C14H22N3.BrH/c1-2-3-7-16-12-13-17(14-16)11-6-10-15-8-4-5-9-15;/h4-5,8-9,12-14H,2-3,6-7,10-11H2,1H3;1H/q+1;/p-1. The minimum atomic E-state index is 0. The number of unbranched alkanes of at least 4 members (excludes halogenated alkanes) is 1. The maximum atomic E-state index is 2.28. The van der Waals surface area contributed by atoms with E-state index in [9.17, 15) is 0 Å². The largest absolute Gasteiger partial charge is 1.00 e. The predicted octanol–water partition coefficient (Wildman–Crippen LogP) is -0.528. The van der Waals surface area contributed by atoms with Gasteiger partial charge in [0.05, 0.1) is 13.1 Å². The second kappa shape index (κ2) is 8.14. The van der Waals surface area contributed by atoms with E-state index < -0.39 is 0 Å². The number of halogens is 1. The van der Waals surface area contributed by atoms with Crippen LogP contribution in [0.4, 0.5) is 0 Å². The van der Waals surface area contributed by atoms with Crippen LogP contribution in [0.1, 0.15) is 26.2 Å². The van der Waals surface area contributed by atoms with Gasteiger partial charge in [-0.05, 0) is 18.6 Å². The van der Waals surface area contributed by atoms with Gasteiger partial charge in [-0.3, -0.25) is 0 Å². The van der Waals surface area contributed by atoms with Crippen LogP contribution in [0.2, 0.25) is 0 Å². The number of aromatic nitrogens is 3. The van der Waals surface area contributed by atoms with Crippen molar-refractivity contribution in [1.82, 2.24) is 9.13 Å². The Labute approximate surface area is 120 Å². The summed E-state index contributed by atoms with van der Waals surface area (Å²) in [5.41, 5.74) is 0. The molecule has 0 aliphatic heterocycles. The summed E-state index contributed by atoms with van der Waals surface area (Å²) in [6, 6.07) is 4.16. The Morgan fingerprint density at radius 2 is 1.67 bits per heavy atom. The summed E-state index contributed by atoms with van der Waals surface area (Å²) in [7, 11) is 0. The van der Waals surface area contributed by atoms with Gasteiger partial charge >= 0.3 is 0 Å². The van der Waals surface area contributed by atoms with Gasteiger partial charge in [0.2, 0.25) is 6.33 Å². The summed E-state index contributed by atoms with van der Waals surface area (Å²) in [6.07, 6.45) is 14.5. The number of rotatable bonds is 7. The zero-order valence-corrected chi connectivity index (χ0v) is 12.6. The minimum Gasteiger partial charge on any atom is -1.00 e. The molecular weight excluding hydrogens is 290 g/mol. The summed E-state index contributed by atoms with van der Waals surface area (Å²) in [5, 5.41) is 0. The molecule has 0 amide bonds. The van der Waals surface area contributed by atoms with Crippen molar-refractivity contribution in [3.63, 3.8) is 0 Å². The fourth-order valence-corrected chi connectivity index (χ4v) is 2.00. The molecule has 4 heteroatoms. The van der Waals surface area contributed by atoms with Gasteiger partial charge in [0, 0.05) is 25.4 Å². The van der Waals surface area contributed by atoms with E-state index in [0.717, 1.165) is 19.6 Å². The first-order valence-electron chi connectivity index (χ1n) is 6.54. The molecule has 0 aliphatic rings. The number of hydrogen-bond donors (Lipinski definition) is 0. The van der Waals surface area contributed by atoms with Gasteiger partial charge in [0.1, 0.15) is 12.4 Å². The van der Waals surface area contributed by atoms with Gasteiger partial charge in [-0.15, -0.1) is 0 Å². The van der Waals surface area contributed by atoms with E-state index in [2.05, 4.69) is 63.9 Å². The maximum absolute atomic E-state index is 2.28. The van der Waals surface area contributed by atoms with Gasteiger partial charge in [0.15, 0.2) is 0 Å². The van der Waals surface area contributed by atoms with E-state index in [1.165, 1.54) is 19.3 Å². The summed E-state index contributed by atoms with van der Waals surface area (Å²) in [4.78, 5) is 0. The average molecular weight is 312 g/mol. The highest BCUT2D eigenvalue weighted by atomic mass is 79.9. The van der Waals surface area contributed by atoms with Crippen LogP contribution in [-0.2, 0) is 19.6 Å². The molecule has 0 N–H and O–H groups in total. The molecule has 0 radical (unpaired) electrons. The molecule has 3 nitrogen and oxygen atoms in total. The smallest absolute Gasteiger partial charge is 0.243 e. The first-order chi connectivity index (χ1) is 8.38. The Morgan fingerprint density at radius 1 is 0.944 bits per heavy atom. The molecule has 0 atom stereocenters. The van der Waals surface area contributed by atoms with E-state index in [1.807, 2.05) is 0 Å². The SMILES string of the molecule is CCCCn1cc[n+](CCCn2cccc2)c1.[Br-]. The van der Waals surface area contributed by atoms with Crippen LogP contribution < -0.4 is 21.5 Å². The second-order valence-electron chi connectivity index (χ2n) is 4.52. The average Bonchev–Trinajstić information content (AvgIpc) is 2.98. The van der Waals surface area contributed by atoms with Crippen molar-refractivity contribution < 1.29 is 21.5 Å². The van der Waals surface area contributed by atoms with Crippen LogP contribution in [0.25, 0.3) is 0 Å². The molecule has 2 aromatic heterocycles. The van der Waals surface area contributed by atoms with Crippen LogP contribution in [-0.4, -0.2) is 9.13 Å². The molecule has 2 heterocycles. The van der Waals surface area contributed by atoms with Crippen molar-refractivity contribution >= 4 is 0 Å². The van der Waals surface area contributed by atoms with E-state index in [1.54, 1.807) is 0 Å². The lowest BCUT2D eigenvalue weighted by Crippen LogP contribution is -3.00. The van der Waals surface area contributed by atoms with E-state index in [4.69, 9.17) is 0 Å². The number of nitrogens with zero attached hydrogens (tertiary/aromatic N) is 3. The topological polar surface area (TPSA) is 13.7 Å². The van der Waals surface area contributed by atoms with Crippen molar-refractivity contribution in [2.45, 2.75) is 45.8 Å². The van der Waals surface area contributed by atoms with Crippen LogP contribution >= 0.6 is 0 Å². The summed E-state index contributed by atoms with van der Waals surface area (Å²) >= 11 is 0. The zero-order valence-electron chi connectivity index (χ0n) is 11.0. The van der Waals surface area contributed by atoms with Gasteiger partial charge < -0.3 is 21.5 Å². The molecule has 0 saturated carbocycles. The fourth-order valence-electron chi connectivity index (χ4n) is 2.00. The normalized spacial score (nSPS) is 10.3. The third kappa shape index (κ3) is 4.69. The van der Waals surface area contributed by atoms with Crippen molar-refractivity contribution in [2.75, 3.05) is 0 Å². The lowest BCUT2D eigenvalue weighted by Gasteiger charge is -2.00. The monoisotopic (exact) mass is 311 g/mol. The van der Waals surface area contributed by atoms with Gasteiger partial charge in [-0.1, -0.05) is 13.3 Å². The molecule has 0 saturated heterocycles. The third-order valence-corrected chi connectivity index (χ3v) is 3.01. The van der Waals surface area contributed by atoms with Crippen LogP contribution in [0.3, 0.4) is 0 Å². The molecule has 0 aromatic carbocycles. The van der Waals surface area contributed by atoms with E-state index >= 15 is 0 Å². The van der Waals surface area contributed by atoms with Crippen molar-refractivity contribution in [2.24, 2.45) is 0 Å². The molecular formula is C14H22BrN3. The summed E-state index contributed by atoms with van der Waals surface area (Å²) < 4.78 is 6.78. The molecule has 100 valence electrons.